The molecule has 2 heterocycles. The summed E-state index contributed by atoms with van der Waals surface area (Å²) in [5.41, 5.74) is 1.48. The normalized spacial score (nSPS) is 18.5. The number of piperidine rings is 1. The summed E-state index contributed by atoms with van der Waals surface area (Å²) in [6, 6.07) is 1.95. The van der Waals surface area contributed by atoms with Gasteiger partial charge in [-0.2, -0.15) is 0 Å². The second kappa shape index (κ2) is 4.63. The number of hydrogen-bond donors (Lipinski definition) is 0. The van der Waals surface area contributed by atoms with Crippen LogP contribution in [-0.2, 0) is 0 Å². The second-order valence-corrected chi connectivity index (χ2v) is 6.13. The third-order valence-electron chi connectivity index (χ3n) is 3.78. The van der Waals surface area contributed by atoms with Crippen LogP contribution < -0.4 is 4.90 Å². The van der Waals surface area contributed by atoms with Gasteiger partial charge in [0, 0.05) is 25.0 Å². The summed E-state index contributed by atoms with van der Waals surface area (Å²) >= 11 is 0. The molecule has 94 valence electrons. The minimum absolute atomic E-state index is 0.430. The predicted octanol–water partition coefficient (Wildman–Crippen LogP) is 3.05. The van der Waals surface area contributed by atoms with E-state index in [2.05, 4.69) is 35.6 Å². The van der Waals surface area contributed by atoms with Crippen molar-refractivity contribution in [2.24, 2.45) is 11.3 Å². The van der Waals surface area contributed by atoms with Gasteiger partial charge in [-0.25, -0.2) is 9.97 Å². The Balaban J connectivity index is 2.00. The van der Waals surface area contributed by atoms with Crippen molar-refractivity contribution < 1.29 is 0 Å². The molecule has 1 saturated heterocycles. The summed E-state index contributed by atoms with van der Waals surface area (Å²) in [5, 5.41) is 0. The number of rotatable bonds is 1. The van der Waals surface area contributed by atoms with E-state index in [9.17, 15) is 0 Å². The molecule has 17 heavy (non-hydrogen) atoms. The highest BCUT2D eigenvalue weighted by atomic mass is 15.2. The van der Waals surface area contributed by atoms with Crippen LogP contribution in [0.5, 0.6) is 0 Å². The minimum atomic E-state index is 0.430. The molecule has 0 bridgehead atoms. The molecule has 3 heteroatoms. The molecule has 0 atom stereocenters. The zero-order valence-electron chi connectivity index (χ0n) is 11.4. The molecule has 0 N–H and O–H groups in total. The Bertz CT molecular complexity index is 373. The van der Waals surface area contributed by atoms with Crippen molar-refractivity contribution in [1.82, 2.24) is 9.97 Å². The molecular formula is C14H23N3. The number of aromatic nitrogens is 2. The van der Waals surface area contributed by atoms with Gasteiger partial charge < -0.3 is 4.90 Å². The Morgan fingerprint density at radius 1 is 1.24 bits per heavy atom. The number of aryl methyl sites for hydroxylation is 1. The second-order valence-electron chi connectivity index (χ2n) is 6.13. The van der Waals surface area contributed by atoms with Gasteiger partial charge >= 0.3 is 0 Å². The summed E-state index contributed by atoms with van der Waals surface area (Å²) in [5.74, 6) is 1.72. The van der Waals surface area contributed by atoms with Crippen molar-refractivity contribution in [3.63, 3.8) is 0 Å². The lowest BCUT2D eigenvalue weighted by Crippen LogP contribution is -2.38. The molecule has 0 saturated carbocycles. The van der Waals surface area contributed by atoms with Crippen LogP contribution in [0.3, 0.4) is 0 Å². The molecule has 1 fully saturated rings. The van der Waals surface area contributed by atoms with Gasteiger partial charge in [-0.1, -0.05) is 20.8 Å². The molecular weight excluding hydrogens is 210 g/mol. The van der Waals surface area contributed by atoms with Crippen molar-refractivity contribution in [2.75, 3.05) is 18.0 Å². The van der Waals surface area contributed by atoms with Gasteiger partial charge in [0.05, 0.1) is 0 Å². The molecule has 0 spiro atoms. The van der Waals surface area contributed by atoms with E-state index in [0.29, 0.717) is 5.41 Å². The number of nitrogens with zero attached hydrogens (tertiary/aromatic N) is 3. The van der Waals surface area contributed by atoms with Crippen LogP contribution in [0.25, 0.3) is 0 Å². The van der Waals surface area contributed by atoms with E-state index in [1.807, 2.05) is 19.2 Å². The van der Waals surface area contributed by atoms with Crippen LogP contribution in [0.1, 0.15) is 39.3 Å². The number of anilines is 1. The van der Waals surface area contributed by atoms with Crippen LogP contribution in [0, 0.1) is 18.3 Å². The van der Waals surface area contributed by atoms with Crippen molar-refractivity contribution in [3.8, 4) is 0 Å². The molecule has 1 aromatic rings. The molecule has 0 unspecified atom stereocenters. The first-order valence-corrected chi connectivity index (χ1v) is 6.51. The first-order valence-electron chi connectivity index (χ1n) is 6.51. The Morgan fingerprint density at radius 3 is 2.41 bits per heavy atom. The lowest BCUT2D eigenvalue weighted by molar-refractivity contribution is 0.198. The van der Waals surface area contributed by atoms with Crippen LogP contribution >= 0.6 is 0 Å². The first-order chi connectivity index (χ1) is 7.97. The SMILES string of the molecule is Cc1ccnc(N2CCC(C(C)(C)C)CC2)n1. The highest BCUT2D eigenvalue weighted by Gasteiger charge is 2.29. The van der Waals surface area contributed by atoms with Crippen molar-refractivity contribution in [2.45, 2.75) is 40.5 Å². The third kappa shape index (κ3) is 2.96. The molecule has 0 amide bonds. The maximum atomic E-state index is 4.50. The Hall–Kier alpha value is -1.12. The smallest absolute Gasteiger partial charge is 0.225 e. The molecule has 0 aliphatic carbocycles. The monoisotopic (exact) mass is 233 g/mol. The summed E-state index contributed by atoms with van der Waals surface area (Å²) < 4.78 is 0. The Kier molecular flexibility index (Phi) is 3.36. The summed E-state index contributed by atoms with van der Waals surface area (Å²) in [7, 11) is 0. The molecule has 1 aromatic heterocycles. The van der Waals surface area contributed by atoms with E-state index < -0.39 is 0 Å². The van der Waals surface area contributed by atoms with E-state index >= 15 is 0 Å². The van der Waals surface area contributed by atoms with E-state index in [1.165, 1.54) is 12.8 Å². The fourth-order valence-electron chi connectivity index (χ4n) is 2.53. The van der Waals surface area contributed by atoms with E-state index in [0.717, 1.165) is 30.6 Å². The van der Waals surface area contributed by atoms with E-state index in [1.54, 1.807) is 0 Å². The van der Waals surface area contributed by atoms with Gasteiger partial charge in [0.2, 0.25) is 5.95 Å². The standard InChI is InChI=1S/C14H23N3/c1-11-5-8-15-13(16-11)17-9-6-12(7-10-17)14(2,3)4/h5,8,12H,6-7,9-10H2,1-4H3. The lowest BCUT2D eigenvalue weighted by atomic mass is 9.75. The maximum absolute atomic E-state index is 4.50. The summed E-state index contributed by atoms with van der Waals surface area (Å²) in [4.78, 5) is 11.2. The summed E-state index contributed by atoms with van der Waals surface area (Å²) in [6.07, 6.45) is 4.36. The van der Waals surface area contributed by atoms with Crippen LogP contribution in [0.2, 0.25) is 0 Å². The van der Waals surface area contributed by atoms with E-state index in [4.69, 9.17) is 0 Å². The Labute approximate surface area is 104 Å². The van der Waals surface area contributed by atoms with Gasteiger partial charge in [-0.3, -0.25) is 0 Å². The molecule has 1 aliphatic rings. The average Bonchev–Trinajstić information content (AvgIpc) is 2.28. The quantitative estimate of drug-likeness (QED) is 0.746. The first kappa shape index (κ1) is 12.3. The van der Waals surface area contributed by atoms with Crippen LogP contribution in [-0.4, -0.2) is 23.1 Å². The number of hydrogen-bond acceptors (Lipinski definition) is 3. The molecule has 2 rings (SSSR count). The van der Waals surface area contributed by atoms with Gasteiger partial charge in [-0.05, 0) is 37.2 Å². The zero-order chi connectivity index (χ0) is 12.5. The topological polar surface area (TPSA) is 29.0 Å². The van der Waals surface area contributed by atoms with Gasteiger partial charge in [0.25, 0.3) is 0 Å². The van der Waals surface area contributed by atoms with E-state index in [-0.39, 0.29) is 0 Å². The van der Waals surface area contributed by atoms with Crippen molar-refractivity contribution >= 4 is 5.95 Å². The predicted molar refractivity (Wildman–Crippen MR) is 71.2 cm³/mol. The highest BCUT2D eigenvalue weighted by molar-refractivity contribution is 5.30. The molecule has 0 radical (unpaired) electrons. The van der Waals surface area contributed by atoms with Crippen LogP contribution in [0.15, 0.2) is 12.3 Å². The largest absolute Gasteiger partial charge is 0.341 e. The molecule has 1 aliphatic heterocycles. The van der Waals surface area contributed by atoms with Gasteiger partial charge in [-0.15, -0.1) is 0 Å². The van der Waals surface area contributed by atoms with Crippen molar-refractivity contribution in [3.05, 3.63) is 18.0 Å². The maximum Gasteiger partial charge on any atom is 0.225 e. The zero-order valence-corrected chi connectivity index (χ0v) is 11.4. The van der Waals surface area contributed by atoms with Gasteiger partial charge in [0.1, 0.15) is 0 Å². The average molecular weight is 233 g/mol. The minimum Gasteiger partial charge on any atom is -0.341 e. The summed E-state index contributed by atoms with van der Waals surface area (Å²) in [6.45, 7) is 11.2. The lowest BCUT2D eigenvalue weighted by Gasteiger charge is -2.38. The molecule has 3 nitrogen and oxygen atoms in total. The van der Waals surface area contributed by atoms with Crippen LogP contribution in [0.4, 0.5) is 5.95 Å². The Morgan fingerprint density at radius 2 is 1.88 bits per heavy atom. The fourth-order valence-corrected chi connectivity index (χ4v) is 2.53. The fraction of sp³-hybridized carbons (Fsp3) is 0.714. The van der Waals surface area contributed by atoms with Gasteiger partial charge in [0.15, 0.2) is 0 Å². The highest BCUT2D eigenvalue weighted by Crippen LogP contribution is 2.34. The molecule has 0 aromatic carbocycles. The van der Waals surface area contributed by atoms with Crippen molar-refractivity contribution in [1.29, 1.82) is 0 Å². The third-order valence-corrected chi connectivity index (χ3v) is 3.78.